The van der Waals surface area contributed by atoms with Crippen molar-refractivity contribution in [1.29, 1.82) is 0 Å². The van der Waals surface area contributed by atoms with Crippen molar-refractivity contribution in [1.82, 2.24) is 9.97 Å². The molecule has 0 spiro atoms. The third-order valence-electron chi connectivity index (χ3n) is 1.60. The van der Waals surface area contributed by atoms with Gasteiger partial charge in [0.15, 0.2) is 0 Å². The third-order valence-corrected chi connectivity index (χ3v) is 3.04. The molecule has 7 heteroatoms. The van der Waals surface area contributed by atoms with E-state index in [0.717, 1.165) is 4.47 Å². The first-order valence-corrected chi connectivity index (χ1v) is 7.22. The van der Waals surface area contributed by atoms with E-state index < -0.39 is 9.84 Å². The summed E-state index contributed by atoms with van der Waals surface area (Å²) in [5.74, 6) is 0.683. The lowest BCUT2D eigenvalue weighted by Crippen LogP contribution is -2.11. The van der Waals surface area contributed by atoms with Crippen LogP contribution >= 0.6 is 15.9 Å². The number of sulfone groups is 1. The summed E-state index contributed by atoms with van der Waals surface area (Å²) in [4.78, 5) is 7.99. The van der Waals surface area contributed by atoms with Gasteiger partial charge in [-0.1, -0.05) is 0 Å². The maximum absolute atomic E-state index is 10.8. The van der Waals surface area contributed by atoms with Crippen LogP contribution < -0.4 is 5.32 Å². The Hall–Kier alpha value is -0.690. The minimum Gasteiger partial charge on any atom is -0.354 e. The number of hydrogen-bond donors (Lipinski definition) is 1. The minimum absolute atomic E-state index is 0.177. The highest BCUT2D eigenvalue weighted by Gasteiger charge is 2.01. The fourth-order valence-corrected chi connectivity index (χ4v) is 1.81. The van der Waals surface area contributed by atoms with E-state index in [0.29, 0.717) is 18.9 Å². The predicted molar refractivity (Wildman–Crippen MR) is 62.5 cm³/mol. The van der Waals surface area contributed by atoms with E-state index in [1.165, 1.54) is 6.26 Å². The van der Waals surface area contributed by atoms with E-state index in [1.54, 1.807) is 12.4 Å². The molecule has 0 aromatic carbocycles. The van der Waals surface area contributed by atoms with Crippen LogP contribution in [0, 0.1) is 0 Å². The first-order valence-electron chi connectivity index (χ1n) is 4.36. The maximum Gasteiger partial charge on any atom is 0.222 e. The molecular weight excluding hydrogens is 282 g/mol. The Kier molecular flexibility index (Phi) is 4.46. The summed E-state index contributed by atoms with van der Waals surface area (Å²) in [6.45, 7) is 0.550. The standard InChI is InChI=1S/C8H12BrN3O2S/c1-15(13,14)4-2-3-10-8-11-5-7(9)6-12-8/h5-6H,2-4H2,1H3,(H,10,11,12). The number of aromatic nitrogens is 2. The van der Waals surface area contributed by atoms with Gasteiger partial charge in [-0.05, 0) is 22.4 Å². The molecule has 0 aliphatic carbocycles. The molecule has 84 valence electrons. The Morgan fingerprint density at radius 2 is 2.00 bits per heavy atom. The fourth-order valence-electron chi connectivity index (χ4n) is 0.938. The van der Waals surface area contributed by atoms with Crippen molar-refractivity contribution in [2.24, 2.45) is 0 Å². The van der Waals surface area contributed by atoms with E-state index in [4.69, 9.17) is 0 Å². The molecule has 0 saturated heterocycles. The van der Waals surface area contributed by atoms with Gasteiger partial charge in [-0.25, -0.2) is 18.4 Å². The average molecular weight is 294 g/mol. The lowest BCUT2D eigenvalue weighted by molar-refractivity contribution is 0.600. The monoisotopic (exact) mass is 293 g/mol. The Bertz CT molecular complexity index is 404. The Balaban J connectivity index is 2.29. The van der Waals surface area contributed by atoms with Gasteiger partial charge in [0.25, 0.3) is 0 Å². The molecule has 0 aliphatic heterocycles. The predicted octanol–water partition coefficient (Wildman–Crippen LogP) is 1.09. The molecule has 0 radical (unpaired) electrons. The topological polar surface area (TPSA) is 72.0 Å². The van der Waals surface area contributed by atoms with E-state index in [9.17, 15) is 8.42 Å². The largest absolute Gasteiger partial charge is 0.354 e. The lowest BCUT2D eigenvalue weighted by atomic mass is 10.5. The zero-order valence-electron chi connectivity index (χ0n) is 8.27. The first kappa shape index (κ1) is 12.4. The summed E-state index contributed by atoms with van der Waals surface area (Å²) >= 11 is 3.22. The van der Waals surface area contributed by atoms with Crippen molar-refractivity contribution in [3.05, 3.63) is 16.9 Å². The van der Waals surface area contributed by atoms with E-state index in [-0.39, 0.29) is 5.75 Å². The average Bonchev–Trinajstić information content (AvgIpc) is 2.14. The van der Waals surface area contributed by atoms with Crippen LogP contribution in [0.3, 0.4) is 0 Å². The molecule has 1 aromatic rings. The van der Waals surface area contributed by atoms with Gasteiger partial charge in [-0.3, -0.25) is 0 Å². The number of nitrogens with one attached hydrogen (secondary N) is 1. The molecule has 15 heavy (non-hydrogen) atoms. The number of halogens is 1. The molecule has 0 bridgehead atoms. The quantitative estimate of drug-likeness (QED) is 0.823. The van der Waals surface area contributed by atoms with E-state index in [1.807, 2.05) is 0 Å². The molecule has 1 aromatic heterocycles. The van der Waals surface area contributed by atoms with Gasteiger partial charge in [-0.15, -0.1) is 0 Å². The summed E-state index contributed by atoms with van der Waals surface area (Å²) in [7, 11) is -2.87. The molecule has 0 saturated carbocycles. The number of rotatable bonds is 5. The van der Waals surface area contributed by atoms with Crippen molar-refractivity contribution in [3.8, 4) is 0 Å². The van der Waals surface area contributed by atoms with Crippen molar-refractivity contribution in [2.45, 2.75) is 6.42 Å². The molecule has 5 nitrogen and oxygen atoms in total. The van der Waals surface area contributed by atoms with Gasteiger partial charge in [0.05, 0.1) is 10.2 Å². The molecular formula is C8H12BrN3O2S. The second-order valence-electron chi connectivity index (χ2n) is 3.14. The molecule has 0 unspecified atom stereocenters. The number of nitrogens with zero attached hydrogens (tertiary/aromatic N) is 2. The van der Waals surface area contributed by atoms with Crippen LogP contribution in [0.15, 0.2) is 16.9 Å². The van der Waals surface area contributed by atoms with Crippen molar-refractivity contribution < 1.29 is 8.42 Å². The number of hydrogen-bond acceptors (Lipinski definition) is 5. The van der Waals surface area contributed by atoms with Crippen LogP contribution in [0.2, 0.25) is 0 Å². The minimum atomic E-state index is -2.87. The van der Waals surface area contributed by atoms with Crippen molar-refractivity contribution in [2.75, 3.05) is 23.9 Å². The summed E-state index contributed by atoms with van der Waals surface area (Å²) in [5, 5.41) is 2.94. The van der Waals surface area contributed by atoms with Gasteiger partial charge in [-0.2, -0.15) is 0 Å². The molecule has 0 amide bonds. The zero-order chi connectivity index (χ0) is 11.3. The van der Waals surface area contributed by atoms with Gasteiger partial charge in [0.2, 0.25) is 5.95 Å². The zero-order valence-corrected chi connectivity index (χ0v) is 10.7. The van der Waals surface area contributed by atoms with Gasteiger partial charge >= 0.3 is 0 Å². The van der Waals surface area contributed by atoms with Gasteiger partial charge in [0.1, 0.15) is 9.84 Å². The van der Waals surface area contributed by atoms with Gasteiger partial charge in [0, 0.05) is 25.2 Å². The molecule has 0 aliphatic rings. The summed E-state index contributed by atoms with van der Waals surface area (Å²) < 4.78 is 22.5. The second kappa shape index (κ2) is 5.41. The highest BCUT2D eigenvalue weighted by Crippen LogP contribution is 2.06. The van der Waals surface area contributed by atoms with E-state index in [2.05, 4.69) is 31.2 Å². The van der Waals surface area contributed by atoms with Crippen LogP contribution in [-0.4, -0.2) is 36.9 Å². The van der Waals surface area contributed by atoms with Gasteiger partial charge < -0.3 is 5.32 Å². The maximum atomic E-state index is 10.8. The Morgan fingerprint density at radius 3 is 2.53 bits per heavy atom. The van der Waals surface area contributed by atoms with Crippen LogP contribution in [0.1, 0.15) is 6.42 Å². The molecule has 0 atom stereocenters. The highest BCUT2D eigenvalue weighted by molar-refractivity contribution is 9.10. The molecule has 0 fully saturated rings. The van der Waals surface area contributed by atoms with Crippen molar-refractivity contribution in [3.63, 3.8) is 0 Å². The van der Waals surface area contributed by atoms with Crippen LogP contribution in [0.5, 0.6) is 0 Å². The summed E-state index contributed by atoms with van der Waals surface area (Å²) in [6.07, 6.45) is 5.04. The highest BCUT2D eigenvalue weighted by atomic mass is 79.9. The van der Waals surface area contributed by atoms with Crippen LogP contribution in [0.25, 0.3) is 0 Å². The van der Waals surface area contributed by atoms with Crippen molar-refractivity contribution >= 4 is 31.7 Å². The second-order valence-corrected chi connectivity index (χ2v) is 6.31. The molecule has 1 N–H and O–H groups in total. The molecule has 1 rings (SSSR count). The Labute approximate surface area is 97.4 Å². The third kappa shape index (κ3) is 5.68. The Morgan fingerprint density at radius 1 is 1.40 bits per heavy atom. The van der Waals surface area contributed by atoms with Crippen LogP contribution in [-0.2, 0) is 9.84 Å². The summed E-state index contributed by atoms with van der Waals surface area (Å²) in [6, 6.07) is 0. The molecule has 1 heterocycles. The van der Waals surface area contributed by atoms with E-state index >= 15 is 0 Å². The number of anilines is 1. The first-order chi connectivity index (χ1) is 6.97. The SMILES string of the molecule is CS(=O)(=O)CCCNc1ncc(Br)cn1. The lowest BCUT2D eigenvalue weighted by Gasteiger charge is -2.03. The smallest absolute Gasteiger partial charge is 0.222 e. The van der Waals surface area contributed by atoms with Crippen LogP contribution in [0.4, 0.5) is 5.95 Å². The normalized spacial score (nSPS) is 11.3. The fraction of sp³-hybridized carbons (Fsp3) is 0.500. The summed E-state index contributed by atoms with van der Waals surface area (Å²) in [5.41, 5.74) is 0.